The zero-order valence-corrected chi connectivity index (χ0v) is 25.5. The number of ether oxygens (including phenoxy) is 2. The molecule has 0 aliphatic carbocycles. The topological polar surface area (TPSA) is 49.7 Å². The summed E-state index contributed by atoms with van der Waals surface area (Å²) in [5.74, 6) is -0.300. The number of methoxy groups -OCH3 is 1. The van der Waals surface area contributed by atoms with Crippen LogP contribution in [0.3, 0.4) is 0 Å². The highest BCUT2D eigenvalue weighted by atomic mass is 28.4. The van der Waals surface area contributed by atoms with Crippen molar-refractivity contribution in [3.8, 4) is 11.1 Å². The van der Waals surface area contributed by atoms with Crippen LogP contribution in [0.2, 0.25) is 18.1 Å². The Morgan fingerprint density at radius 3 is 2.28 bits per heavy atom. The maximum atomic E-state index is 13.9. The van der Waals surface area contributed by atoms with E-state index < -0.39 is 8.32 Å². The fraction of sp³-hybridized carbons (Fsp3) is 0.469. The number of rotatable bonds is 7. The van der Waals surface area contributed by atoms with Crippen LogP contribution >= 0.6 is 0 Å². The minimum Gasteiger partial charge on any atom is -0.414 e. The molecule has 2 heterocycles. The lowest BCUT2D eigenvalue weighted by molar-refractivity contribution is -0.189. The van der Waals surface area contributed by atoms with Crippen molar-refractivity contribution >= 4 is 25.2 Å². The standard InChI is InChI=1S/C32H42FNO4Si/c1-21(2)34-28(18-17-24-19-25(20-29(36-6)37-24)38-39(7,8)32(3,4)5)30(22-13-15-23(33)16-14-22)26-11-9-10-12-27(26)31(34)35/h9-18,21,24-25,29H,19-20H2,1-8H3/b18-17+/t24-,25-,29+/m1/s1. The predicted molar refractivity (Wildman–Crippen MR) is 160 cm³/mol. The van der Waals surface area contributed by atoms with Gasteiger partial charge in [0.2, 0.25) is 0 Å². The summed E-state index contributed by atoms with van der Waals surface area (Å²) in [5, 5.41) is 1.57. The summed E-state index contributed by atoms with van der Waals surface area (Å²) in [7, 11) is -0.323. The number of fused-ring (bicyclic) bond motifs is 1. The Balaban J connectivity index is 1.81. The molecule has 0 unspecified atom stereocenters. The van der Waals surface area contributed by atoms with E-state index in [-0.39, 0.29) is 41.0 Å². The van der Waals surface area contributed by atoms with Gasteiger partial charge < -0.3 is 18.5 Å². The molecule has 1 fully saturated rings. The third-order valence-corrected chi connectivity index (χ3v) is 12.6. The molecule has 1 saturated heterocycles. The molecule has 0 radical (unpaired) electrons. The monoisotopic (exact) mass is 551 g/mol. The van der Waals surface area contributed by atoms with Crippen molar-refractivity contribution in [1.82, 2.24) is 4.57 Å². The summed E-state index contributed by atoms with van der Waals surface area (Å²) in [4.78, 5) is 13.7. The van der Waals surface area contributed by atoms with E-state index in [2.05, 4.69) is 33.9 Å². The molecule has 0 bridgehead atoms. The minimum absolute atomic E-state index is 0.0136. The van der Waals surface area contributed by atoms with E-state index in [1.54, 1.807) is 19.2 Å². The smallest absolute Gasteiger partial charge is 0.259 e. The Labute approximate surface area is 232 Å². The number of benzene rings is 2. The molecule has 4 rings (SSSR count). The number of halogens is 1. The molecule has 39 heavy (non-hydrogen) atoms. The van der Waals surface area contributed by atoms with Gasteiger partial charge in [0.1, 0.15) is 5.82 Å². The van der Waals surface area contributed by atoms with Gasteiger partial charge in [-0.05, 0) is 67.2 Å². The lowest BCUT2D eigenvalue weighted by Crippen LogP contribution is -2.47. The maximum Gasteiger partial charge on any atom is 0.259 e. The molecule has 0 spiro atoms. The third-order valence-electron chi connectivity index (χ3n) is 8.09. The summed E-state index contributed by atoms with van der Waals surface area (Å²) >= 11 is 0. The number of hydrogen-bond acceptors (Lipinski definition) is 4. The first-order valence-corrected chi connectivity index (χ1v) is 16.7. The molecular weight excluding hydrogens is 509 g/mol. The van der Waals surface area contributed by atoms with E-state index >= 15 is 0 Å². The zero-order chi connectivity index (χ0) is 28.5. The molecule has 0 saturated carbocycles. The Morgan fingerprint density at radius 1 is 1.05 bits per heavy atom. The van der Waals surface area contributed by atoms with E-state index in [0.717, 1.165) is 22.2 Å². The molecule has 1 aromatic heterocycles. The molecule has 5 nitrogen and oxygen atoms in total. The molecule has 3 aromatic rings. The predicted octanol–water partition coefficient (Wildman–Crippen LogP) is 7.94. The van der Waals surface area contributed by atoms with Crippen LogP contribution in [0.15, 0.2) is 59.4 Å². The van der Waals surface area contributed by atoms with Crippen molar-refractivity contribution in [3.63, 3.8) is 0 Å². The van der Waals surface area contributed by atoms with Gasteiger partial charge in [-0.3, -0.25) is 4.79 Å². The highest BCUT2D eigenvalue weighted by Gasteiger charge is 2.41. The maximum absolute atomic E-state index is 13.9. The van der Waals surface area contributed by atoms with Crippen LogP contribution in [-0.4, -0.2) is 38.5 Å². The summed E-state index contributed by atoms with van der Waals surface area (Å²) in [6.07, 6.45) is 4.78. The van der Waals surface area contributed by atoms with Gasteiger partial charge in [0.05, 0.1) is 17.9 Å². The van der Waals surface area contributed by atoms with Crippen LogP contribution in [-0.2, 0) is 13.9 Å². The van der Waals surface area contributed by atoms with Crippen LogP contribution < -0.4 is 5.56 Å². The van der Waals surface area contributed by atoms with E-state index in [4.69, 9.17) is 13.9 Å². The van der Waals surface area contributed by atoms with Gasteiger partial charge in [-0.2, -0.15) is 0 Å². The van der Waals surface area contributed by atoms with Gasteiger partial charge in [-0.25, -0.2) is 4.39 Å². The normalized spacial score (nSPS) is 20.8. The summed E-state index contributed by atoms with van der Waals surface area (Å²) < 4.78 is 34.3. The van der Waals surface area contributed by atoms with E-state index in [1.807, 2.05) is 54.8 Å². The van der Waals surface area contributed by atoms with Gasteiger partial charge in [0.25, 0.3) is 5.56 Å². The summed E-state index contributed by atoms with van der Waals surface area (Å²) in [6, 6.07) is 14.0. The Hall–Kier alpha value is -2.58. The molecule has 1 aliphatic rings. The fourth-order valence-electron chi connectivity index (χ4n) is 5.02. The van der Waals surface area contributed by atoms with Crippen LogP contribution in [0.4, 0.5) is 4.39 Å². The number of pyridine rings is 1. The van der Waals surface area contributed by atoms with Gasteiger partial charge in [0.15, 0.2) is 14.6 Å². The van der Waals surface area contributed by atoms with Gasteiger partial charge in [-0.1, -0.05) is 57.2 Å². The largest absolute Gasteiger partial charge is 0.414 e. The van der Waals surface area contributed by atoms with E-state index in [9.17, 15) is 9.18 Å². The van der Waals surface area contributed by atoms with Crippen molar-refractivity contribution in [2.24, 2.45) is 0 Å². The number of nitrogens with zero attached hydrogens (tertiary/aromatic N) is 1. The van der Waals surface area contributed by atoms with Crippen LogP contribution in [0, 0.1) is 5.82 Å². The molecule has 1 aliphatic heterocycles. The molecule has 210 valence electrons. The van der Waals surface area contributed by atoms with Crippen molar-refractivity contribution in [2.75, 3.05) is 7.11 Å². The van der Waals surface area contributed by atoms with Crippen molar-refractivity contribution in [2.45, 2.75) is 90.1 Å². The average molecular weight is 552 g/mol. The van der Waals surface area contributed by atoms with Crippen LogP contribution in [0.1, 0.15) is 59.2 Å². The van der Waals surface area contributed by atoms with E-state index in [0.29, 0.717) is 18.2 Å². The SMILES string of the molecule is CO[C@@H]1C[C@H](O[Si](C)(C)C(C)(C)C)C[C@@H](/C=C/c2c(-c3ccc(F)cc3)c3ccccc3c(=O)n2C(C)C)O1. The Morgan fingerprint density at radius 2 is 1.69 bits per heavy atom. The second-order valence-electron chi connectivity index (χ2n) is 12.3. The van der Waals surface area contributed by atoms with Crippen molar-refractivity contribution in [1.29, 1.82) is 0 Å². The molecule has 3 atom stereocenters. The van der Waals surface area contributed by atoms with Crippen molar-refractivity contribution < 1.29 is 18.3 Å². The zero-order valence-electron chi connectivity index (χ0n) is 24.5. The first-order chi connectivity index (χ1) is 18.3. The highest BCUT2D eigenvalue weighted by Crippen LogP contribution is 2.40. The third kappa shape index (κ3) is 6.27. The van der Waals surface area contributed by atoms with E-state index in [1.165, 1.54) is 12.1 Å². The Bertz CT molecular complexity index is 1390. The molecule has 0 amide bonds. The van der Waals surface area contributed by atoms with Crippen molar-refractivity contribution in [3.05, 3.63) is 76.5 Å². The molecular formula is C32H42FNO4Si. The number of hydrogen-bond donors (Lipinski definition) is 0. The summed E-state index contributed by atoms with van der Waals surface area (Å²) in [5.41, 5.74) is 2.46. The Kier molecular flexibility index (Phi) is 8.66. The minimum atomic E-state index is -1.98. The first-order valence-electron chi connectivity index (χ1n) is 13.8. The van der Waals surface area contributed by atoms with Crippen LogP contribution in [0.25, 0.3) is 28.0 Å². The quantitative estimate of drug-likeness (QED) is 0.280. The van der Waals surface area contributed by atoms with Gasteiger partial charge in [-0.15, -0.1) is 0 Å². The van der Waals surface area contributed by atoms with Gasteiger partial charge >= 0.3 is 0 Å². The fourth-order valence-corrected chi connectivity index (χ4v) is 6.40. The van der Waals surface area contributed by atoms with Gasteiger partial charge in [0, 0.05) is 36.9 Å². The second-order valence-corrected chi connectivity index (χ2v) is 17.0. The average Bonchev–Trinajstić information content (AvgIpc) is 2.87. The lowest BCUT2D eigenvalue weighted by atomic mass is 9.95. The second kappa shape index (κ2) is 11.5. The van der Waals surface area contributed by atoms with Crippen LogP contribution in [0.5, 0.6) is 0 Å². The lowest BCUT2D eigenvalue weighted by Gasteiger charge is -2.42. The molecule has 2 aromatic carbocycles. The molecule has 7 heteroatoms. The highest BCUT2D eigenvalue weighted by molar-refractivity contribution is 6.74. The number of aromatic nitrogens is 1. The summed E-state index contributed by atoms with van der Waals surface area (Å²) in [6.45, 7) is 15.3. The molecule has 0 N–H and O–H groups in total. The first kappa shape index (κ1) is 29.4.